The molecule has 2 N–H and O–H groups in total. The number of carbonyl (C=O) groups is 2. The summed E-state index contributed by atoms with van der Waals surface area (Å²) in [7, 11) is 0. The summed E-state index contributed by atoms with van der Waals surface area (Å²) in [5, 5.41) is 5.08. The van der Waals surface area contributed by atoms with Gasteiger partial charge in [-0.2, -0.15) is 5.10 Å². The first-order valence-corrected chi connectivity index (χ1v) is 10.1. The molecular formula is C21H21BrN4O3. The average Bonchev–Trinajstić information content (AvgIpc) is 2.73. The number of hydrazine groups is 1. The molecule has 7 nitrogen and oxygen atoms in total. The molecule has 3 aromatic rings. The van der Waals surface area contributed by atoms with Gasteiger partial charge < -0.3 is 0 Å². The number of hydrogen-bond acceptors (Lipinski definition) is 4. The van der Waals surface area contributed by atoms with Crippen molar-refractivity contribution in [3.8, 4) is 0 Å². The molecular weight excluding hydrogens is 436 g/mol. The molecule has 2 aromatic carbocycles. The summed E-state index contributed by atoms with van der Waals surface area (Å²) in [6.07, 6.45) is 1.47. The van der Waals surface area contributed by atoms with E-state index in [1.54, 1.807) is 24.3 Å². The third-order valence-corrected chi connectivity index (χ3v) is 4.86. The fourth-order valence-corrected chi connectivity index (χ4v) is 3.41. The van der Waals surface area contributed by atoms with Gasteiger partial charge in [-0.15, -0.1) is 0 Å². The fourth-order valence-electron chi connectivity index (χ4n) is 2.96. The van der Waals surface area contributed by atoms with Crippen molar-refractivity contribution in [2.24, 2.45) is 0 Å². The minimum absolute atomic E-state index is 0.0981. The Morgan fingerprint density at radius 3 is 2.55 bits per heavy atom. The third-order valence-electron chi connectivity index (χ3n) is 4.36. The SMILES string of the molecule is CCCn1nc(C(=O)NNC(=O)CCc2cccc(Br)c2)c2ccccc2c1=O. The van der Waals surface area contributed by atoms with Crippen molar-refractivity contribution < 1.29 is 9.59 Å². The molecule has 0 radical (unpaired) electrons. The van der Waals surface area contributed by atoms with Gasteiger partial charge in [0, 0.05) is 22.8 Å². The first-order valence-electron chi connectivity index (χ1n) is 9.33. The van der Waals surface area contributed by atoms with Gasteiger partial charge in [-0.3, -0.25) is 25.2 Å². The summed E-state index contributed by atoms with van der Waals surface area (Å²) in [4.78, 5) is 37.2. The Kier molecular flexibility index (Phi) is 6.77. The van der Waals surface area contributed by atoms with E-state index >= 15 is 0 Å². The lowest BCUT2D eigenvalue weighted by Crippen LogP contribution is -2.42. The van der Waals surface area contributed by atoms with Crippen LogP contribution in [-0.4, -0.2) is 21.6 Å². The van der Waals surface area contributed by atoms with Crippen molar-refractivity contribution in [2.75, 3.05) is 0 Å². The second kappa shape index (κ2) is 9.47. The summed E-state index contributed by atoms with van der Waals surface area (Å²) in [5.41, 5.74) is 5.69. The van der Waals surface area contributed by atoms with Crippen molar-refractivity contribution in [3.63, 3.8) is 0 Å². The van der Waals surface area contributed by atoms with Crippen LogP contribution in [-0.2, 0) is 17.8 Å². The van der Waals surface area contributed by atoms with Crippen molar-refractivity contribution in [2.45, 2.75) is 32.7 Å². The van der Waals surface area contributed by atoms with E-state index in [1.807, 2.05) is 31.2 Å². The molecule has 0 aliphatic rings. The Morgan fingerprint density at radius 1 is 1.07 bits per heavy atom. The number of benzene rings is 2. The molecule has 0 saturated carbocycles. The van der Waals surface area contributed by atoms with E-state index in [4.69, 9.17) is 0 Å². The number of aromatic nitrogens is 2. The first kappa shape index (κ1) is 20.7. The molecule has 0 aliphatic heterocycles. The fraction of sp³-hybridized carbons (Fsp3) is 0.238. The number of aryl methyl sites for hydroxylation is 2. The number of amides is 2. The predicted octanol–water partition coefficient (Wildman–Crippen LogP) is 2.96. The molecule has 1 aromatic heterocycles. The minimum Gasteiger partial charge on any atom is -0.273 e. The van der Waals surface area contributed by atoms with Gasteiger partial charge >= 0.3 is 0 Å². The Balaban J connectivity index is 1.70. The van der Waals surface area contributed by atoms with Crippen LogP contribution in [0.2, 0.25) is 0 Å². The van der Waals surface area contributed by atoms with Gasteiger partial charge in [-0.1, -0.05) is 53.2 Å². The number of nitrogens with one attached hydrogen (secondary N) is 2. The van der Waals surface area contributed by atoms with E-state index in [0.717, 1.165) is 10.0 Å². The van der Waals surface area contributed by atoms with E-state index in [9.17, 15) is 14.4 Å². The number of nitrogens with zero attached hydrogens (tertiary/aromatic N) is 2. The van der Waals surface area contributed by atoms with E-state index < -0.39 is 5.91 Å². The number of halogens is 1. The van der Waals surface area contributed by atoms with Crippen molar-refractivity contribution >= 4 is 38.5 Å². The summed E-state index contributed by atoms with van der Waals surface area (Å²) >= 11 is 3.40. The number of fused-ring (bicyclic) bond motifs is 1. The maximum Gasteiger partial charge on any atom is 0.290 e. The van der Waals surface area contributed by atoms with Crippen molar-refractivity contribution in [1.29, 1.82) is 0 Å². The molecule has 0 unspecified atom stereocenters. The Hall–Kier alpha value is -3.00. The molecule has 0 saturated heterocycles. The number of rotatable bonds is 6. The van der Waals surface area contributed by atoms with E-state index in [1.165, 1.54) is 4.68 Å². The minimum atomic E-state index is -0.568. The van der Waals surface area contributed by atoms with Gasteiger partial charge in [0.1, 0.15) is 0 Å². The van der Waals surface area contributed by atoms with Crippen LogP contribution in [0.1, 0.15) is 35.8 Å². The Bertz CT molecular complexity index is 1110. The predicted molar refractivity (Wildman–Crippen MR) is 114 cm³/mol. The van der Waals surface area contributed by atoms with Crippen LogP contribution < -0.4 is 16.4 Å². The zero-order valence-electron chi connectivity index (χ0n) is 15.9. The Morgan fingerprint density at radius 2 is 1.83 bits per heavy atom. The van der Waals surface area contributed by atoms with Gasteiger partial charge in [0.05, 0.1) is 5.39 Å². The highest BCUT2D eigenvalue weighted by Crippen LogP contribution is 2.14. The average molecular weight is 457 g/mol. The van der Waals surface area contributed by atoms with Gasteiger partial charge in [0.2, 0.25) is 5.91 Å². The van der Waals surface area contributed by atoms with Gasteiger partial charge in [0.15, 0.2) is 5.69 Å². The van der Waals surface area contributed by atoms with Crippen LogP contribution in [0.4, 0.5) is 0 Å². The zero-order valence-corrected chi connectivity index (χ0v) is 17.5. The smallest absolute Gasteiger partial charge is 0.273 e. The number of carbonyl (C=O) groups excluding carboxylic acids is 2. The second-order valence-corrected chi connectivity index (χ2v) is 7.47. The molecule has 29 heavy (non-hydrogen) atoms. The summed E-state index contributed by atoms with van der Waals surface area (Å²) in [5.74, 6) is -0.883. The lowest BCUT2D eigenvalue weighted by Gasteiger charge is -2.11. The van der Waals surface area contributed by atoms with Crippen LogP contribution in [0.25, 0.3) is 10.8 Å². The van der Waals surface area contributed by atoms with E-state index in [-0.39, 0.29) is 23.6 Å². The lowest BCUT2D eigenvalue weighted by atomic mass is 10.1. The topological polar surface area (TPSA) is 93.1 Å². The van der Waals surface area contributed by atoms with Gasteiger partial charge in [-0.05, 0) is 36.6 Å². The molecule has 1 heterocycles. The van der Waals surface area contributed by atoms with Crippen molar-refractivity contribution in [1.82, 2.24) is 20.6 Å². The van der Waals surface area contributed by atoms with Crippen LogP contribution in [0.3, 0.4) is 0 Å². The molecule has 3 rings (SSSR count). The first-order chi connectivity index (χ1) is 14.0. The highest BCUT2D eigenvalue weighted by atomic mass is 79.9. The van der Waals surface area contributed by atoms with Crippen LogP contribution in [0.15, 0.2) is 57.8 Å². The largest absolute Gasteiger partial charge is 0.290 e. The summed E-state index contributed by atoms with van der Waals surface area (Å²) in [6.45, 7) is 2.33. The van der Waals surface area contributed by atoms with Gasteiger partial charge in [0.25, 0.3) is 11.5 Å². The highest BCUT2D eigenvalue weighted by Gasteiger charge is 2.17. The van der Waals surface area contributed by atoms with Crippen LogP contribution >= 0.6 is 15.9 Å². The molecule has 0 spiro atoms. The normalized spacial score (nSPS) is 10.7. The third kappa shape index (κ3) is 5.08. The van der Waals surface area contributed by atoms with Crippen molar-refractivity contribution in [3.05, 3.63) is 74.6 Å². The van der Waals surface area contributed by atoms with Crippen LogP contribution in [0.5, 0.6) is 0 Å². The molecule has 0 atom stereocenters. The standard InChI is InChI=1S/C21H21BrN4O3/c1-2-12-26-21(29)17-9-4-3-8-16(17)19(25-26)20(28)24-23-18(27)11-10-14-6-5-7-15(22)13-14/h3-9,13H,2,10-12H2,1H3,(H,23,27)(H,24,28). The maximum absolute atomic E-state index is 12.6. The quantitative estimate of drug-likeness (QED) is 0.557. The molecule has 8 heteroatoms. The molecule has 150 valence electrons. The highest BCUT2D eigenvalue weighted by molar-refractivity contribution is 9.10. The Labute approximate surface area is 176 Å². The van der Waals surface area contributed by atoms with E-state index in [0.29, 0.717) is 30.2 Å². The zero-order chi connectivity index (χ0) is 20.8. The monoisotopic (exact) mass is 456 g/mol. The number of hydrogen-bond donors (Lipinski definition) is 2. The van der Waals surface area contributed by atoms with Gasteiger partial charge in [-0.25, -0.2) is 4.68 Å². The summed E-state index contributed by atoms with van der Waals surface area (Å²) < 4.78 is 2.23. The molecule has 0 aliphatic carbocycles. The second-order valence-electron chi connectivity index (χ2n) is 6.55. The molecule has 2 amide bonds. The molecule has 0 fully saturated rings. The van der Waals surface area contributed by atoms with E-state index in [2.05, 4.69) is 31.9 Å². The summed E-state index contributed by atoms with van der Waals surface area (Å²) in [6, 6.07) is 14.5. The maximum atomic E-state index is 12.6. The van der Waals surface area contributed by atoms with Crippen LogP contribution in [0, 0.1) is 0 Å². The molecule has 0 bridgehead atoms. The lowest BCUT2D eigenvalue weighted by molar-refractivity contribution is -0.121.